The highest BCUT2D eigenvalue weighted by atomic mass is 35.5. The number of esters is 1. The van der Waals surface area contributed by atoms with Crippen molar-refractivity contribution >= 4 is 52.9 Å². The standard InChI is InChI=1S/C28H19Cl3N2O4/c29-22-3-1-2-20(14-22)28(35)37-25-10-4-18(5-11-25)16-32-33-27(34)19-7-12-24(13-8-19)36-17-21-6-9-23(30)15-26(21)31/h1-16H,17H2,(H,33,34)/b32-16+. The molecule has 1 amide bonds. The quantitative estimate of drug-likeness (QED) is 0.108. The van der Waals surface area contributed by atoms with Crippen molar-refractivity contribution in [3.05, 3.63) is 128 Å². The Morgan fingerprint density at radius 1 is 0.784 bits per heavy atom. The van der Waals surface area contributed by atoms with Crippen LogP contribution in [0.1, 0.15) is 31.8 Å². The Hall–Kier alpha value is -3.84. The Morgan fingerprint density at radius 2 is 1.49 bits per heavy atom. The predicted octanol–water partition coefficient (Wildman–Crippen LogP) is 7.21. The third-order valence-electron chi connectivity index (χ3n) is 5.06. The Balaban J connectivity index is 1.26. The van der Waals surface area contributed by atoms with E-state index >= 15 is 0 Å². The molecular weight excluding hydrogens is 535 g/mol. The number of nitrogens with one attached hydrogen (secondary N) is 1. The molecule has 0 aliphatic heterocycles. The zero-order chi connectivity index (χ0) is 26.2. The molecule has 0 bridgehead atoms. The molecule has 0 spiro atoms. The number of carbonyl (C=O) groups is 2. The van der Waals surface area contributed by atoms with E-state index in [9.17, 15) is 9.59 Å². The fourth-order valence-corrected chi connectivity index (χ4v) is 3.79. The fourth-order valence-electron chi connectivity index (χ4n) is 3.14. The van der Waals surface area contributed by atoms with Crippen LogP contribution in [0.4, 0.5) is 0 Å². The van der Waals surface area contributed by atoms with Crippen LogP contribution in [0.25, 0.3) is 0 Å². The van der Waals surface area contributed by atoms with E-state index in [0.29, 0.717) is 43.3 Å². The summed E-state index contributed by atoms with van der Waals surface area (Å²) in [5, 5.41) is 5.51. The molecule has 0 unspecified atom stereocenters. The van der Waals surface area contributed by atoms with Crippen LogP contribution in [0, 0.1) is 0 Å². The normalized spacial score (nSPS) is 10.8. The van der Waals surface area contributed by atoms with Crippen molar-refractivity contribution in [1.29, 1.82) is 0 Å². The van der Waals surface area contributed by atoms with Crippen molar-refractivity contribution in [1.82, 2.24) is 5.43 Å². The van der Waals surface area contributed by atoms with Crippen LogP contribution in [-0.2, 0) is 6.61 Å². The van der Waals surface area contributed by atoms with Crippen molar-refractivity contribution in [2.75, 3.05) is 0 Å². The molecule has 0 aliphatic rings. The molecule has 1 N–H and O–H groups in total. The van der Waals surface area contributed by atoms with Crippen LogP contribution in [-0.4, -0.2) is 18.1 Å². The molecule has 0 radical (unpaired) electrons. The fraction of sp³-hybridized carbons (Fsp3) is 0.0357. The SMILES string of the molecule is O=C(N/N=C/c1ccc(OC(=O)c2cccc(Cl)c2)cc1)c1ccc(OCc2ccc(Cl)cc2Cl)cc1. The Kier molecular flexibility index (Phi) is 8.80. The highest BCUT2D eigenvalue weighted by Gasteiger charge is 2.09. The number of halogens is 3. The first kappa shape index (κ1) is 26.2. The number of rotatable bonds is 8. The second-order valence-electron chi connectivity index (χ2n) is 7.72. The summed E-state index contributed by atoms with van der Waals surface area (Å²) < 4.78 is 11.1. The van der Waals surface area contributed by atoms with Crippen LogP contribution in [0.2, 0.25) is 15.1 Å². The van der Waals surface area contributed by atoms with Gasteiger partial charge in [0.25, 0.3) is 5.91 Å². The van der Waals surface area contributed by atoms with Gasteiger partial charge in [-0.2, -0.15) is 5.10 Å². The summed E-state index contributed by atoms with van der Waals surface area (Å²) in [7, 11) is 0. The number of carbonyl (C=O) groups excluding carboxylic acids is 2. The monoisotopic (exact) mass is 552 g/mol. The van der Waals surface area contributed by atoms with Crippen molar-refractivity contribution in [3.8, 4) is 11.5 Å². The van der Waals surface area contributed by atoms with Gasteiger partial charge in [-0.25, -0.2) is 10.2 Å². The van der Waals surface area contributed by atoms with Gasteiger partial charge in [-0.3, -0.25) is 4.79 Å². The number of ether oxygens (including phenoxy) is 2. The number of nitrogens with zero attached hydrogens (tertiary/aromatic N) is 1. The first-order chi connectivity index (χ1) is 17.9. The third kappa shape index (κ3) is 7.57. The molecule has 0 saturated heterocycles. The van der Waals surface area contributed by atoms with Gasteiger partial charge in [0, 0.05) is 26.2 Å². The molecule has 0 heterocycles. The van der Waals surface area contributed by atoms with Gasteiger partial charge in [-0.1, -0.05) is 46.9 Å². The molecule has 37 heavy (non-hydrogen) atoms. The topological polar surface area (TPSA) is 77.0 Å². The van der Waals surface area contributed by atoms with Gasteiger partial charge < -0.3 is 9.47 Å². The largest absolute Gasteiger partial charge is 0.489 e. The maximum Gasteiger partial charge on any atom is 0.343 e. The van der Waals surface area contributed by atoms with Crippen molar-refractivity contribution in [2.24, 2.45) is 5.10 Å². The van der Waals surface area contributed by atoms with Crippen LogP contribution in [0.3, 0.4) is 0 Å². The summed E-state index contributed by atoms with van der Waals surface area (Å²) in [5.41, 5.74) is 4.74. The maximum atomic E-state index is 12.4. The number of hydrogen-bond donors (Lipinski definition) is 1. The number of amides is 1. The minimum absolute atomic E-state index is 0.268. The Morgan fingerprint density at radius 3 is 2.19 bits per heavy atom. The predicted molar refractivity (Wildman–Crippen MR) is 145 cm³/mol. The lowest BCUT2D eigenvalue weighted by Crippen LogP contribution is -2.17. The van der Waals surface area contributed by atoms with E-state index in [1.54, 1.807) is 84.9 Å². The van der Waals surface area contributed by atoms with Gasteiger partial charge in [-0.15, -0.1) is 0 Å². The van der Waals surface area contributed by atoms with E-state index in [2.05, 4.69) is 10.5 Å². The first-order valence-electron chi connectivity index (χ1n) is 11.0. The molecule has 4 aromatic rings. The number of hydrogen-bond acceptors (Lipinski definition) is 5. The lowest BCUT2D eigenvalue weighted by Gasteiger charge is -2.08. The maximum absolute atomic E-state index is 12.4. The van der Waals surface area contributed by atoms with E-state index < -0.39 is 5.97 Å². The minimum Gasteiger partial charge on any atom is -0.489 e. The highest BCUT2D eigenvalue weighted by Crippen LogP contribution is 2.23. The van der Waals surface area contributed by atoms with Gasteiger partial charge in [0.15, 0.2) is 0 Å². The Bertz CT molecular complexity index is 1440. The molecule has 0 fully saturated rings. The second-order valence-corrected chi connectivity index (χ2v) is 9.00. The molecule has 0 aliphatic carbocycles. The molecule has 186 valence electrons. The average Bonchev–Trinajstić information content (AvgIpc) is 2.89. The lowest BCUT2D eigenvalue weighted by atomic mass is 10.2. The van der Waals surface area contributed by atoms with Crippen LogP contribution in [0.15, 0.2) is 96.1 Å². The van der Waals surface area contributed by atoms with Gasteiger partial charge in [0.1, 0.15) is 18.1 Å². The van der Waals surface area contributed by atoms with Crippen molar-refractivity contribution < 1.29 is 19.1 Å². The lowest BCUT2D eigenvalue weighted by molar-refractivity contribution is 0.0734. The van der Waals surface area contributed by atoms with Gasteiger partial charge >= 0.3 is 5.97 Å². The molecule has 6 nitrogen and oxygen atoms in total. The van der Waals surface area contributed by atoms with Gasteiger partial charge in [-0.05, 0) is 84.4 Å². The zero-order valence-corrected chi connectivity index (χ0v) is 21.4. The molecule has 4 rings (SSSR count). The summed E-state index contributed by atoms with van der Waals surface area (Å²) in [6.07, 6.45) is 1.48. The van der Waals surface area contributed by atoms with E-state index in [-0.39, 0.29) is 12.5 Å². The van der Waals surface area contributed by atoms with Crippen LogP contribution in [0.5, 0.6) is 11.5 Å². The summed E-state index contributed by atoms with van der Waals surface area (Å²) in [4.78, 5) is 24.6. The summed E-state index contributed by atoms with van der Waals surface area (Å²) in [5.74, 6) is 0.0611. The highest BCUT2D eigenvalue weighted by molar-refractivity contribution is 6.35. The number of benzene rings is 4. The van der Waals surface area contributed by atoms with E-state index in [0.717, 1.165) is 5.56 Å². The molecular formula is C28H19Cl3N2O4. The summed E-state index contributed by atoms with van der Waals surface area (Å²) in [6, 6.07) is 25.0. The zero-order valence-electron chi connectivity index (χ0n) is 19.2. The molecule has 4 aromatic carbocycles. The number of hydrazone groups is 1. The van der Waals surface area contributed by atoms with Crippen LogP contribution >= 0.6 is 34.8 Å². The second kappa shape index (κ2) is 12.4. The smallest absolute Gasteiger partial charge is 0.343 e. The van der Waals surface area contributed by atoms with Crippen molar-refractivity contribution in [2.45, 2.75) is 6.61 Å². The van der Waals surface area contributed by atoms with E-state index in [1.165, 1.54) is 12.3 Å². The minimum atomic E-state index is -0.513. The molecule has 0 aromatic heterocycles. The van der Waals surface area contributed by atoms with E-state index in [4.69, 9.17) is 44.3 Å². The Labute approximate surface area is 228 Å². The third-order valence-corrected chi connectivity index (χ3v) is 5.88. The first-order valence-corrected chi connectivity index (χ1v) is 12.1. The van der Waals surface area contributed by atoms with Gasteiger partial charge in [0.2, 0.25) is 0 Å². The average molecular weight is 554 g/mol. The molecule has 0 atom stereocenters. The van der Waals surface area contributed by atoms with E-state index in [1.807, 2.05) is 0 Å². The molecule has 9 heteroatoms. The summed E-state index contributed by atoms with van der Waals surface area (Å²) in [6.45, 7) is 0.268. The van der Waals surface area contributed by atoms with Gasteiger partial charge in [0.05, 0.1) is 11.8 Å². The summed E-state index contributed by atoms with van der Waals surface area (Å²) >= 11 is 18.0. The van der Waals surface area contributed by atoms with Crippen molar-refractivity contribution in [3.63, 3.8) is 0 Å². The molecule has 0 saturated carbocycles. The van der Waals surface area contributed by atoms with Crippen LogP contribution < -0.4 is 14.9 Å².